The maximum absolute atomic E-state index is 13.1. The van der Waals surface area contributed by atoms with Gasteiger partial charge in [-0.1, -0.05) is 61.8 Å². The molecule has 0 amide bonds. The fourth-order valence-corrected chi connectivity index (χ4v) is 10.1. The fourth-order valence-electron chi connectivity index (χ4n) is 10.1. The van der Waals surface area contributed by atoms with Crippen molar-refractivity contribution in [3.05, 3.63) is 87.8 Å². The second-order valence-electron chi connectivity index (χ2n) is 17.0. The van der Waals surface area contributed by atoms with E-state index in [1.807, 2.05) is 37.4 Å². The number of nitrogens with zero attached hydrogens (tertiary/aromatic N) is 1. The molecule has 2 aromatic carbocycles. The summed E-state index contributed by atoms with van der Waals surface area (Å²) >= 11 is 0. The number of quaternary nitrogens is 1. The number of fused-ring (bicyclic) bond motifs is 8. The lowest BCUT2D eigenvalue weighted by Crippen LogP contribution is -3.13. The number of carbonyl (C=O) groups excluding carboxylic acids is 1. The number of aliphatic hydroxyl groups is 3. The molecule has 57 heavy (non-hydrogen) atoms. The van der Waals surface area contributed by atoms with Crippen molar-refractivity contribution in [2.45, 2.75) is 102 Å². The van der Waals surface area contributed by atoms with Gasteiger partial charge in [0.05, 0.1) is 29.4 Å². The average molecular weight is 772 g/mol. The first-order chi connectivity index (χ1) is 27.6. The highest BCUT2D eigenvalue weighted by Gasteiger charge is 2.51. The number of phenolic OH excluding ortho intramolecular Hbond substituents is 1. The van der Waals surface area contributed by atoms with Gasteiger partial charge in [-0.05, 0) is 77.5 Å². The third kappa shape index (κ3) is 7.12. The van der Waals surface area contributed by atoms with Gasteiger partial charge in [-0.3, -0.25) is 20.0 Å². The summed E-state index contributed by atoms with van der Waals surface area (Å²) in [6.45, 7) is 3.33. The van der Waals surface area contributed by atoms with Gasteiger partial charge in [0.25, 0.3) is 6.23 Å². The van der Waals surface area contributed by atoms with Crippen LogP contribution in [0.4, 0.5) is 0 Å². The first-order valence-electron chi connectivity index (χ1n) is 20.5. The number of allylic oxidation sites excluding steroid dienone is 2. The van der Waals surface area contributed by atoms with Gasteiger partial charge < -0.3 is 35.6 Å². The summed E-state index contributed by atoms with van der Waals surface area (Å²) in [6.07, 6.45) is 12.9. The number of phenols is 1. The van der Waals surface area contributed by atoms with E-state index in [0.29, 0.717) is 30.7 Å². The number of aryl methyl sites for hydroxylation is 1. The number of carbonyl (C=O) groups is 1. The Bertz CT molecular complexity index is 2230. The van der Waals surface area contributed by atoms with Crippen molar-refractivity contribution in [2.75, 3.05) is 13.1 Å². The van der Waals surface area contributed by atoms with Crippen LogP contribution in [0.25, 0.3) is 0 Å². The van der Waals surface area contributed by atoms with E-state index < -0.39 is 41.8 Å². The predicted octanol–water partition coefficient (Wildman–Crippen LogP) is 2.97. The van der Waals surface area contributed by atoms with E-state index in [1.165, 1.54) is 6.07 Å². The molecule has 9 atom stereocenters. The molecule has 1 fully saturated rings. The van der Waals surface area contributed by atoms with E-state index in [-0.39, 0.29) is 48.6 Å². The highest BCUT2D eigenvalue weighted by molar-refractivity contribution is 6.08. The summed E-state index contributed by atoms with van der Waals surface area (Å²) in [7, 11) is 0. The SMILES string of the molecule is CC1C=CC(C(O)CC(=O)CCc2cc3c(cc2O)OC#CC2(CCCC2)C2C#CC(O)c4ccc5c(c4CC4=CN=C6C[NH+](C=C46)C2O3)CCNC5N)C(O)C1. The molecule has 7 aliphatic rings. The number of hydrogen-bond donors (Lipinski definition) is 7. The maximum atomic E-state index is 13.1. The summed E-state index contributed by atoms with van der Waals surface area (Å²) < 4.78 is 13.1. The van der Waals surface area contributed by atoms with Gasteiger partial charge in [0.1, 0.15) is 48.1 Å². The standard InChI is InChI=1S/C46H50N4O7/c1-26-4-7-33(40(54)18-26)41(55)21-29(51)6-5-27-20-43-42(22-39(27)53)56-17-15-46(13-2-3-14-46)36-10-11-38(52)31-8-9-32-30(12-16-48-44(32)47)34(31)19-28-23-49-37-25-50(24-35(28)37)45(36)57-43/h4,7-9,20,22-24,26,33,36,38,40-41,44-45,48,52-55H,2-3,5-6,12-14,16,18-19,21,25,47H2,1H3/p+1. The molecule has 2 bridgehead atoms. The summed E-state index contributed by atoms with van der Waals surface area (Å²) in [5.74, 6) is 10.0. The molecule has 11 heteroatoms. The van der Waals surface area contributed by atoms with Gasteiger partial charge in [-0.15, -0.1) is 0 Å². The maximum Gasteiger partial charge on any atom is 0.252 e. The number of Topliss-reactive ketones (excluding diaryl/α,β-unsaturated/α-hetero) is 1. The van der Waals surface area contributed by atoms with Crippen molar-refractivity contribution in [1.82, 2.24) is 5.32 Å². The number of ketones is 1. The molecule has 1 saturated carbocycles. The van der Waals surface area contributed by atoms with E-state index in [0.717, 1.165) is 82.7 Å². The van der Waals surface area contributed by atoms with Crippen LogP contribution in [-0.4, -0.2) is 63.4 Å². The van der Waals surface area contributed by atoms with Crippen LogP contribution in [0.1, 0.15) is 92.0 Å². The van der Waals surface area contributed by atoms with Crippen molar-refractivity contribution < 1.29 is 39.6 Å². The molecule has 5 heterocycles. The minimum Gasteiger partial charge on any atom is -0.508 e. The summed E-state index contributed by atoms with van der Waals surface area (Å²) in [6, 6.07) is 7.19. The second-order valence-corrected chi connectivity index (χ2v) is 17.0. The molecule has 1 spiro atoms. The van der Waals surface area contributed by atoms with E-state index >= 15 is 0 Å². The minimum absolute atomic E-state index is 0.0491. The van der Waals surface area contributed by atoms with Gasteiger partial charge in [0, 0.05) is 44.0 Å². The number of nitrogens with one attached hydrogen (secondary N) is 2. The van der Waals surface area contributed by atoms with E-state index in [9.17, 15) is 25.2 Å². The van der Waals surface area contributed by atoms with Crippen molar-refractivity contribution in [3.8, 4) is 41.1 Å². The number of aliphatic imine (C=N–C) groups is 1. The zero-order valence-corrected chi connectivity index (χ0v) is 32.3. The highest BCUT2D eigenvalue weighted by atomic mass is 16.5. The fraction of sp³-hybridized carbons (Fsp3) is 0.478. The Morgan fingerprint density at radius 1 is 1.12 bits per heavy atom. The van der Waals surface area contributed by atoms with Crippen molar-refractivity contribution in [1.29, 1.82) is 0 Å². The summed E-state index contributed by atoms with van der Waals surface area (Å²) in [4.78, 5) is 19.1. The van der Waals surface area contributed by atoms with Gasteiger partial charge in [-0.25, -0.2) is 0 Å². The van der Waals surface area contributed by atoms with Crippen molar-refractivity contribution in [2.24, 2.45) is 33.9 Å². The van der Waals surface area contributed by atoms with Gasteiger partial charge in [-0.2, -0.15) is 0 Å². The molecular formula is C46H51N4O7+. The number of rotatable bonds is 6. The number of aromatic hydroxyl groups is 1. The Kier molecular flexibility index (Phi) is 10.1. The van der Waals surface area contributed by atoms with Crippen LogP contribution in [-0.2, 0) is 24.1 Å². The largest absolute Gasteiger partial charge is 0.508 e. The molecule has 9 rings (SSSR count). The molecule has 2 aliphatic carbocycles. The Balaban J connectivity index is 1.06. The number of hydrogen-bond acceptors (Lipinski definition) is 10. The van der Waals surface area contributed by atoms with Crippen LogP contribution in [0.15, 0.2) is 65.0 Å². The van der Waals surface area contributed by atoms with Crippen LogP contribution in [0, 0.1) is 47.0 Å². The van der Waals surface area contributed by atoms with Gasteiger partial charge >= 0.3 is 0 Å². The molecule has 2 aromatic rings. The average Bonchev–Trinajstić information content (AvgIpc) is 3.93. The number of aliphatic hydroxyl groups excluding tert-OH is 3. The Morgan fingerprint density at radius 2 is 1.95 bits per heavy atom. The molecular weight excluding hydrogens is 721 g/mol. The van der Waals surface area contributed by atoms with Gasteiger partial charge in [0.15, 0.2) is 11.5 Å². The first-order valence-corrected chi connectivity index (χ1v) is 20.5. The monoisotopic (exact) mass is 771 g/mol. The summed E-state index contributed by atoms with van der Waals surface area (Å²) in [5, 5.41) is 47.8. The predicted molar refractivity (Wildman–Crippen MR) is 213 cm³/mol. The molecule has 8 N–H and O–H groups in total. The van der Waals surface area contributed by atoms with Crippen molar-refractivity contribution in [3.63, 3.8) is 0 Å². The number of benzene rings is 2. The third-order valence-electron chi connectivity index (χ3n) is 13.2. The van der Waals surface area contributed by atoms with E-state index in [4.69, 9.17) is 20.2 Å². The topological polar surface area (TPSA) is 171 Å². The lowest BCUT2D eigenvalue weighted by atomic mass is 9.73. The van der Waals surface area contributed by atoms with Crippen LogP contribution < -0.4 is 25.4 Å². The molecule has 0 aromatic heterocycles. The lowest BCUT2D eigenvalue weighted by Gasteiger charge is -2.36. The van der Waals surface area contributed by atoms with Crippen LogP contribution >= 0.6 is 0 Å². The van der Waals surface area contributed by atoms with Crippen LogP contribution in [0.3, 0.4) is 0 Å². The third-order valence-corrected chi connectivity index (χ3v) is 13.2. The molecule has 5 aliphatic heterocycles. The Hall–Kier alpha value is -4.72. The quantitative estimate of drug-likeness (QED) is 0.172. The second kappa shape index (κ2) is 15.2. The molecule has 11 nitrogen and oxygen atoms in total. The van der Waals surface area contributed by atoms with Crippen molar-refractivity contribution >= 4 is 11.5 Å². The zero-order chi connectivity index (χ0) is 39.4. The van der Waals surface area contributed by atoms with Crippen LogP contribution in [0.5, 0.6) is 17.2 Å². The lowest BCUT2D eigenvalue weighted by molar-refractivity contribution is -0.888. The molecule has 296 valence electrons. The normalized spacial score (nSPS) is 30.8. The highest BCUT2D eigenvalue weighted by Crippen LogP contribution is 2.47. The molecule has 0 saturated heterocycles. The zero-order valence-electron chi connectivity index (χ0n) is 32.3. The number of nitrogens with two attached hydrogens (primary N) is 1. The van der Waals surface area contributed by atoms with E-state index in [1.54, 1.807) is 6.07 Å². The first kappa shape index (κ1) is 37.8. The smallest absolute Gasteiger partial charge is 0.252 e. The van der Waals surface area contributed by atoms with Crippen LogP contribution in [0.2, 0.25) is 0 Å². The Labute approximate surface area is 333 Å². The summed E-state index contributed by atoms with van der Waals surface area (Å²) in [5.41, 5.74) is 13.6. The van der Waals surface area contributed by atoms with E-state index in [2.05, 4.69) is 35.4 Å². The Morgan fingerprint density at radius 3 is 2.77 bits per heavy atom. The molecule has 0 radical (unpaired) electrons. The van der Waals surface area contributed by atoms with Gasteiger partial charge in [0.2, 0.25) is 0 Å². The number of ether oxygens (including phenoxy) is 2. The minimum atomic E-state index is -1.06. The molecule has 9 unspecified atom stereocenters.